The molecule has 3 rings (SSSR count). The molecule has 1 N–H and O–H groups in total. The second kappa shape index (κ2) is 7.66. The molecule has 7 nitrogen and oxygen atoms in total. The van der Waals surface area contributed by atoms with Gasteiger partial charge >= 0.3 is 5.97 Å². The van der Waals surface area contributed by atoms with Gasteiger partial charge in [0.05, 0.1) is 18.9 Å². The number of fused-ring (bicyclic) bond motifs is 1. The Hall–Kier alpha value is -1.45. The number of rotatable bonds is 4. The number of anilines is 1. The average molecular weight is 401 g/mol. The first-order valence-electron chi connectivity index (χ1n) is 8.83. The summed E-state index contributed by atoms with van der Waals surface area (Å²) in [4.78, 5) is 26.2. The molecule has 2 aliphatic rings. The van der Waals surface area contributed by atoms with Gasteiger partial charge in [-0.25, -0.2) is 13.2 Å². The topological polar surface area (TPSA) is 92.8 Å². The van der Waals surface area contributed by atoms with E-state index in [9.17, 15) is 18.0 Å². The fourth-order valence-corrected chi connectivity index (χ4v) is 6.14. The van der Waals surface area contributed by atoms with E-state index < -0.39 is 22.0 Å². The molecule has 144 valence electrons. The molecule has 1 atom stereocenters. The Labute approximate surface area is 157 Å². The number of carbonyl (C=O) groups excluding carboxylic acids is 2. The van der Waals surface area contributed by atoms with Gasteiger partial charge in [-0.3, -0.25) is 4.79 Å². The van der Waals surface area contributed by atoms with E-state index in [1.165, 1.54) is 22.8 Å². The van der Waals surface area contributed by atoms with Crippen LogP contribution in [0.25, 0.3) is 0 Å². The first-order valence-corrected chi connectivity index (χ1v) is 11.5. The monoisotopic (exact) mass is 400 g/mol. The van der Waals surface area contributed by atoms with E-state index in [0.717, 1.165) is 55.2 Å². The summed E-state index contributed by atoms with van der Waals surface area (Å²) in [5.74, 6) is -0.831. The first-order chi connectivity index (χ1) is 12.3. The third kappa shape index (κ3) is 3.79. The maximum Gasteiger partial charge on any atom is 0.341 e. The molecule has 0 spiro atoms. The molecular weight excluding hydrogens is 376 g/mol. The molecule has 0 bridgehead atoms. The second-order valence-corrected chi connectivity index (χ2v) is 9.82. The number of ether oxygens (including phenoxy) is 1. The van der Waals surface area contributed by atoms with Crippen LogP contribution in [0.1, 0.15) is 52.9 Å². The SMILES string of the molecule is COC(=O)c1c(NC(=O)C2CCCCN2S(C)(=O)=O)sc2c1CCCC2. The van der Waals surface area contributed by atoms with Crippen molar-refractivity contribution in [2.45, 2.75) is 51.0 Å². The molecule has 9 heteroatoms. The Bertz CT molecular complexity index is 815. The molecule has 26 heavy (non-hydrogen) atoms. The zero-order chi connectivity index (χ0) is 18.9. The Morgan fingerprint density at radius 1 is 1.19 bits per heavy atom. The molecule has 1 amide bonds. The highest BCUT2D eigenvalue weighted by Crippen LogP contribution is 2.39. The molecule has 1 aliphatic carbocycles. The number of methoxy groups -OCH3 is 1. The minimum Gasteiger partial charge on any atom is -0.465 e. The van der Waals surface area contributed by atoms with Crippen molar-refractivity contribution in [2.24, 2.45) is 0 Å². The van der Waals surface area contributed by atoms with Gasteiger partial charge in [-0.05, 0) is 44.1 Å². The highest BCUT2D eigenvalue weighted by atomic mass is 32.2. The molecule has 0 radical (unpaired) electrons. The van der Waals surface area contributed by atoms with Crippen LogP contribution in [0.2, 0.25) is 0 Å². The van der Waals surface area contributed by atoms with Crippen molar-refractivity contribution < 1.29 is 22.7 Å². The van der Waals surface area contributed by atoms with Crippen molar-refractivity contribution in [1.29, 1.82) is 0 Å². The molecular formula is C17H24N2O5S2. The number of thiophene rings is 1. The summed E-state index contributed by atoms with van der Waals surface area (Å²) in [6.45, 7) is 0.349. The van der Waals surface area contributed by atoms with Crippen molar-refractivity contribution in [3.05, 3.63) is 16.0 Å². The van der Waals surface area contributed by atoms with Crippen molar-refractivity contribution >= 4 is 38.2 Å². The van der Waals surface area contributed by atoms with Crippen LogP contribution in [0.4, 0.5) is 5.00 Å². The zero-order valence-corrected chi connectivity index (χ0v) is 16.7. The van der Waals surface area contributed by atoms with Crippen molar-refractivity contribution in [1.82, 2.24) is 4.31 Å². The summed E-state index contributed by atoms with van der Waals surface area (Å²) in [5, 5.41) is 3.31. The summed E-state index contributed by atoms with van der Waals surface area (Å²) in [6.07, 6.45) is 6.91. The average Bonchev–Trinajstić information content (AvgIpc) is 2.98. The third-order valence-electron chi connectivity index (χ3n) is 4.98. The van der Waals surface area contributed by atoms with Gasteiger partial charge in [0.15, 0.2) is 0 Å². The first kappa shape index (κ1) is 19.3. The van der Waals surface area contributed by atoms with Crippen LogP contribution in [0.3, 0.4) is 0 Å². The van der Waals surface area contributed by atoms with Crippen LogP contribution in [-0.2, 0) is 32.4 Å². The predicted octanol–water partition coefficient (Wildman–Crippen LogP) is 2.17. The van der Waals surface area contributed by atoms with Crippen LogP contribution >= 0.6 is 11.3 Å². The highest BCUT2D eigenvalue weighted by Gasteiger charge is 2.36. The van der Waals surface area contributed by atoms with Gasteiger partial charge in [0.1, 0.15) is 11.0 Å². The van der Waals surface area contributed by atoms with E-state index in [2.05, 4.69) is 5.32 Å². The van der Waals surface area contributed by atoms with Gasteiger partial charge in [0, 0.05) is 11.4 Å². The molecule has 1 aliphatic heterocycles. The second-order valence-electron chi connectivity index (χ2n) is 6.78. The van der Waals surface area contributed by atoms with Crippen LogP contribution in [0.5, 0.6) is 0 Å². The minimum absolute atomic E-state index is 0.349. The predicted molar refractivity (Wildman–Crippen MR) is 100 cm³/mol. The van der Waals surface area contributed by atoms with Crippen molar-refractivity contribution in [3.63, 3.8) is 0 Å². The quantitative estimate of drug-likeness (QED) is 0.782. The van der Waals surface area contributed by atoms with Crippen LogP contribution in [0, 0.1) is 0 Å². The minimum atomic E-state index is -3.46. The number of hydrogen-bond acceptors (Lipinski definition) is 6. The largest absolute Gasteiger partial charge is 0.465 e. The lowest BCUT2D eigenvalue weighted by Gasteiger charge is -2.32. The third-order valence-corrected chi connectivity index (χ3v) is 7.48. The Morgan fingerprint density at radius 3 is 2.62 bits per heavy atom. The van der Waals surface area contributed by atoms with E-state index in [4.69, 9.17) is 4.74 Å². The molecule has 0 saturated carbocycles. The van der Waals surface area contributed by atoms with Gasteiger partial charge in [-0.1, -0.05) is 6.42 Å². The molecule has 0 aromatic carbocycles. The molecule has 1 aromatic rings. The van der Waals surface area contributed by atoms with Crippen LogP contribution < -0.4 is 5.32 Å². The van der Waals surface area contributed by atoms with E-state index >= 15 is 0 Å². The Balaban J connectivity index is 1.89. The standard InChI is InChI=1S/C17H24N2O5S2/c1-24-17(21)14-11-7-3-4-9-13(11)25-16(14)18-15(20)12-8-5-6-10-19(12)26(2,22)23/h12H,3-10H2,1-2H3,(H,18,20). The lowest BCUT2D eigenvalue weighted by atomic mass is 9.95. The fourth-order valence-electron chi connectivity index (χ4n) is 3.73. The maximum atomic E-state index is 12.8. The van der Waals surface area contributed by atoms with Crippen molar-refractivity contribution in [3.8, 4) is 0 Å². The number of aryl methyl sites for hydroxylation is 1. The summed E-state index contributed by atoms with van der Waals surface area (Å²) < 4.78 is 30.2. The number of sulfonamides is 1. The van der Waals surface area contributed by atoms with Gasteiger partial charge in [-0.15, -0.1) is 11.3 Å². The van der Waals surface area contributed by atoms with Gasteiger partial charge in [0.25, 0.3) is 0 Å². The number of carbonyl (C=O) groups is 2. The molecule has 1 aromatic heterocycles. The zero-order valence-electron chi connectivity index (χ0n) is 15.0. The number of piperidine rings is 1. The Kier molecular flexibility index (Phi) is 5.69. The number of hydrogen-bond donors (Lipinski definition) is 1. The number of nitrogens with one attached hydrogen (secondary N) is 1. The lowest BCUT2D eigenvalue weighted by molar-refractivity contribution is -0.120. The smallest absolute Gasteiger partial charge is 0.341 e. The summed E-state index contributed by atoms with van der Waals surface area (Å²) in [7, 11) is -2.13. The molecule has 1 saturated heterocycles. The number of nitrogens with zero attached hydrogens (tertiary/aromatic N) is 1. The molecule has 1 fully saturated rings. The summed E-state index contributed by atoms with van der Waals surface area (Å²) in [5.41, 5.74) is 1.40. The van der Waals surface area contributed by atoms with Crippen LogP contribution in [0.15, 0.2) is 0 Å². The summed E-state index contributed by atoms with van der Waals surface area (Å²) in [6, 6.07) is -0.733. The Morgan fingerprint density at radius 2 is 1.92 bits per heavy atom. The lowest BCUT2D eigenvalue weighted by Crippen LogP contribution is -2.49. The van der Waals surface area contributed by atoms with E-state index in [-0.39, 0.29) is 5.91 Å². The van der Waals surface area contributed by atoms with E-state index in [0.29, 0.717) is 23.5 Å². The molecule has 2 heterocycles. The summed E-state index contributed by atoms with van der Waals surface area (Å²) >= 11 is 1.41. The maximum absolute atomic E-state index is 12.8. The normalized spacial score (nSPS) is 21.1. The van der Waals surface area contributed by atoms with E-state index in [1.54, 1.807) is 0 Å². The number of esters is 1. The van der Waals surface area contributed by atoms with Gasteiger partial charge in [-0.2, -0.15) is 4.31 Å². The van der Waals surface area contributed by atoms with Crippen molar-refractivity contribution in [2.75, 3.05) is 25.2 Å². The fraction of sp³-hybridized carbons (Fsp3) is 0.647. The number of amides is 1. The molecule has 1 unspecified atom stereocenters. The highest BCUT2D eigenvalue weighted by molar-refractivity contribution is 7.88. The van der Waals surface area contributed by atoms with Gasteiger partial charge < -0.3 is 10.1 Å². The van der Waals surface area contributed by atoms with E-state index in [1.807, 2.05) is 0 Å². The van der Waals surface area contributed by atoms with Crippen LogP contribution in [-0.4, -0.2) is 50.6 Å². The van der Waals surface area contributed by atoms with Gasteiger partial charge in [0.2, 0.25) is 15.9 Å².